The van der Waals surface area contributed by atoms with Crippen molar-refractivity contribution in [2.75, 3.05) is 27.2 Å². The standard InChI is InChI=1S/C44H85NO4/c1-34(2)21-16-22-36(5)23-17-24-37(6)25-18-26-38(7)28-29-39(49-40(46)27-19-31-45(14)15)43(10,11)44(12,13)41(47)48-32-20-30-42(8,9)33-35(3)4/h20,30,34-39H,16-19,21-29,31-33H2,1-15H3/b30-20-. The number of esters is 2. The molecule has 0 saturated heterocycles. The maximum absolute atomic E-state index is 13.6. The van der Waals surface area contributed by atoms with Crippen molar-refractivity contribution in [1.82, 2.24) is 4.90 Å². The van der Waals surface area contributed by atoms with Gasteiger partial charge in [0.15, 0.2) is 0 Å². The van der Waals surface area contributed by atoms with Gasteiger partial charge >= 0.3 is 11.9 Å². The molecular formula is C44H85NO4. The summed E-state index contributed by atoms with van der Waals surface area (Å²) in [7, 11) is 4.04. The van der Waals surface area contributed by atoms with Crippen LogP contribution in [0.15, 0.2) is 12.2 Å². The highest BCUT2D eigenvalue weighted by molar-refractivity contribution is 5.77. The zero-order valence-corrected chi connectivity index (χ0v) is 35.5. The van der Waals surface area contributed by atoms with Crippen LogP contribution in [0.2, 0.25) is 0 Å². The molecule has 0 spiro atoms. The first-order chi connectivity index (χ1) is 22.6. The van der Waals surface area contributed by atoms with Crippen LogP contribution in [0, 0.1) is 45.8 Å². The molecule has 49 heavy (non-hydrogen) atoms. The van der Waals surface area contributed by atoms with Crippen molar-refractivity contribution in [1.29, 1.82) is 0 Å². The molecule has 0 aromatic rings. The van der Waals surface area contributed by atoms with Gasteiger partial charge in [0.2, 0.25) is 0 Å². The quantitative estimate of drug-likeness (QED) is 0.0604. The second-order valence-electron chi connectivity index (χ2n) is 18.9. The number of allylic oxidation sites excluding steroid dienone is 1. The molecule has 5 nitrogen and oxygen atoms in total. The summed E-state index contributed by atoms with van der Waals surface area (Å²) in [5.41, 5.74) is -1.39. The highest BCUT2D eigenvalue weighted by Gasteiger charge is 2.50. The number of carbonyl (C=O) groups is 2. The minimum absolute atomic E-state index is 0.0569. The number of nitrogens with zero attached hydrogens (tertiary/aromatic N) is 1. The second kappa shape index (κ2) is 24.0. The summed E-state index contributed by atoms with van der Waals surface area (Å²) in [6, 6.07) is 0. The summed E-state index contributed by atoms with van der Waals surface area (Å²) in [5, 5.41) is 0. The summed E-state index contributed by atoms with van der Waals surface area (Å²) < 4.78 is 12.1. The molecule has 0 N–H and O–H groups in total. The molecule has 0 bridgehead atoms. The molecule has 0 aliphatic carbocycles. The largest absolute Gasteiger partial charge is 0.462 e. The predicted octanol–water partition coefficient (Wildman–Crippen LogP) is 12.3. The molecule has 0 amide bonds. The molecule has 0 aromatic carbocycles. The summed E-state index contributed by atoms with van der Waals surface area (Å²) >= 11 is 0. The van der Waals surface area contributed by atoms with Gasteiger partial charge < -0.3 is 14.4 Å². The first kappa shape index (κ1) is 47.6. The monoisotopic (exact) mass is 692 g/mol. The van der Waals surface area contributed by atoms with Crippen LogP contribution >= 0.6 is 0 Å². The molecule has 0 aromatic heterocycles. The lowest BCUT2D eigenvalue weighted by Crippen LogP contribution is -2.49. The Morgan fingerprint density at radius 3 is 1.61 bits per heavy atom. The lowest BCUT2D eigenvalue weighted by atomic mass is 9.63. The van der Waals surface area contributed by atoms with Crippen LogP contribution in [0.3, 0.4) is 0 Å². The number of ether oxygens (including phenoxy) is 2. The zero-order valence-electron chi connectivity index (χ0n) is 35.5. The lowest BCUT2D eigenvalue weighted by Gasteiger charge is -2.44. The van der Waals surface area contributed by atoms with Crippen molar-refractivity contribution in [2.45, 2.75) is 186 Å². The van der Waals surface area contributed by atoms with Crippen LogP contribution in [0.25, 0.3) is 0 Å². The van der Waals surface area contributed by atoms with Gasteiger partial charge in [0.05, 0.1) is 5.41 Å². The Balaban J connectivity index is 5.22. The van der Waals surface area contributed by atoms with Gasteiger partial charge in [0.25, 0.3) is 0 Å². The highest BCUT2D eigenvalue weighted by atomic mass is 16.5. The third-order valence-corrected chi connectivity index (χ3v) is 11.2. The molecule has 0 aliphatic heterocycles. The molecule has 5 heteroatoms. The molecule has 4 unspecified atom stereocenters. The Bertz CT molecular complexity index is 916. The molecule has 0 rings (SSSR count). The van der Waals surface area contributed by atoms with Gasteiger partial charge in [-0.15, -0.1) is 0 Å². The van der Waals surface area contributed by atoms with Crippen LogP contribution in [0.5, 0.6) is 0 Å². The van der Waals surface area contributed by atoms with Crippen molar-refractivity contribution in [3.8, 4) is 0 Å². The van der Waals surface area contributed by atoms with E-state index in [0.717, 1.165) is 50.0 Å². The van der Waals surface area contributed by atoms with Crippen LogP contribution in [-0.2, 0) is 19.1 Å². The maximum atomic E-state index is 13.6. The Hall–Kier alpha value is -1.36. The van der Waals surface area contributed by atoms with Crippen LogP contribution in [0.1, 0.15) is 180 Å². The van der Waals surface area contributed by atoms with Crippen molar-refractivity contribution < 1.29 is 19.1 Å². The van der Waals surface area contributed by atoms with Crippen LogP contribution in [-0.4, -0.2) is 50.2 Å². The number of hydrogen-bond donors (Lipinski definition) is 0. The zero-order chi connectivity index (χ0) is 37.8. The maximum Gasteiger partial charge on any atom is 0.312 e. The van der Waals surface area contributed by atoms with E-state index in [1.54, 1.807) is 0 Å². The van der Waals surface area contributed by atoms with Crippen molar-refractivity contribution in [3.63, 3.8) is 0 Å². The fourth-order valence-electron chi connectivity index (χ4n) is 7.15. The third-order valence-electron chi connectivity index (χ3n) is 11.2. The van der Waals surface area contributed by atoms with E-state index in [1.165, 1.54) is 57.8 Å². The number of rotatable bonds is 28. The summed E-state index contributed by atoms with van der Waals surface area (Å²) in [6.45, 7) is 29.9. The van der Waals surface area contributed by atoms with E-state index in [-0.39, 0.29) is 30.1 Å². The van der Waals surface area contributed by atoms with E-state index in [1.807, 2.05) is 34.0 Å². The van der Waals surface area contributed by atoms with E-state index in [2.05, 4.69) is 87.1 Å². The SMILES string of the molecule is CC(C)CCCC(C)CCCC(C)CCCC(C)CCC(OC(=O)CCCN(C)C)C(C)(C)C(C)(C)C(=O)OC/C=C\C(C)(C)CC(C)C. The number of carbonyl (C=O) groups excluding carboxylic acids is 2. The van der Waals surface area contributed by atoms with Gasteiger partial charge in [-0.05, 0) is 95.2 Å². The van der Waals surface area contributed by atoms with Gasteiger partial charge in [-0.25, -0.2) is 0 Å². The Labute approximate surface area is 306 Å². The lowest BCUT2D eigenvalue weighted by molar-refractivity contribution is -0.177. The Morgan fingerprint density at radius 1 is 0.653 bits per heavy atom. The fraction of sp³-hybridized carbons (Fsp3) is 0.909. The topological polar surface area (TPSA) is 55.8 Å². The average molecular weight is 692 g/mol. The Morgan fingerprint density at radius 2 is 1.14 bits per heavy atom. The summed E-state index contributed by atoms with van der Waals surface area (Å²) in [4.78, 5) is 28.8. The van der Waals surface area contributed by atoms with Gasteiger partial charge in [-0.1, -0.05) is 146 Å². The van der Waals surface area contributed by atoms with Crippen molar-refractivity contribution in [2.24, 2.45) is 45.8 Å². The van der Waals surface area contributed by atoms with E-state index in [4.69, 9.17) is 9.47 Å². The molecule has 0 aliphatic rings. The second-order valence-corrected chi connectivity index (χ2v) is 18.9. The molecule has 0 heterocycles. The third kappa shape index (κ3) is 21.6. The molecular weight excluding hydrogens is 606 g/mol. The summed E-state index contributed by atoms with van der Waals surface area (Å²) in [6.07, 6.45) is 19.6. The number of hydrogen-bond acceptors (Lipinski definition) is 5. The van der Waals surface area contributed by atoms with E-state index < -0.39 is 10.8 Å². The molecule has 290 valence electrons. The summed E-state index contributed by atoms with van der Waals surface area (Å²) in [5.74, 6) is 3.16. The van der Waals surface area contributed by atoms with Crippen LogP contribution < -0.4 is 0 Å². The van der Waals surface area contributed by atoms with E-state index in [0.29, 0.717) is 18.3 Å². The average Bonchev–Trinajstić information content (AvgIpc) is 2.96. The fourth-order valence-corrected chi connectivity index (χ4v) is 7.15. The molecule has 4 atom stereocenters. The first-order valence-corrected chi connectivity index (χ1v) is 20.3. The van der Waals surface area contributed by atoms with Crippen LogP contribution in [0.4, 0.5) is 0 Å². The Kier molecular flexibility index (Phi) is 23.3. The van der Waals surface area contributed by atoms with Gasteiger partial charge in [-0.2, -0.15) is 0 Å². The highest BCUT2D eigenvalue weighted by Crippen LogP contribution is 2.45. The minimum atomic E-state index is -0.840. The first-order valence-electron chi connectivity index (χ1n) is 20.3. The van der Waals surface area contributed by atoms with E-state index in [9.17, 15) is 9.59 Å². The van der Waals surface area contributed by atoms with E-state index >= 15 is 0 Å². The van der Waals surface area contributed by atoms with Crippen molar-refractivity contribution >= 4 is 11.9 Å². The molecule has 0 saturated carbocycles. The molecule has 0 fully saturated rings. The normalized spacial score (nSPS) is 15.6. The van der Waals surface area contributed by atoms with Gasteiger partial charge in [0, 0.05) is 11.8 Å². The molecule has 0 radical (unpaired) electrons. The smallest absolute Gasteiger partial charge is 0.312 e. The predicted molar refractivity (Wildman–Crippen MR) is 212 cm³/mol. The van der Waals surface area contributed by atoms with Gasteiger partial charge in [-0.3, -0.25) is 9.59 Å². The van der Waals surface area contributed by atoms with Crippen molar-refractivity contribution in [3.05, 3.63) is 12.2 Å². The van der Waals surface area contributed by atoms with Gasteiger partial charge in [0.1, 0.15) is 12.7 Å². The minimum Gasteiger partial charge on any atom is -0.462 e.